The van der Waals surface area contributed by atoms with Crippen LogP contribution in [0.3, 0.4) is 0 Å². The highest BCUT2D eigenvalue weighted by Gasteiger charge is 2.28. The van der Waals surface area contributed by atoms with Crippen LogP contribution < -0.4 is 5.32 Å². The van der Waals surface area contributed by atoms with Crippen LogP contribution in [0.25, 0.3) is 0 Å². The minimum atomic E-state index is -0.679. The van der Waals surface area contributed by atoms with Gasteiger partial charge in [-0.05, 0) is 30.4 Å². The lowest BCUT2D eigenvalue weighted by Crippen LogP contribution is -2.45. The van der Waals surface area contributed by atoms with Gasteiger partial charge < -0.3 is 10.1 Å². The summed E-state index contributed by atoms with van der Waals surface area (Å²) in [5.74, 6) is -0.601. The second-order valence-corrected chi connectivity index (χ2v) is 6.89. The molecule has 1 aromatic rings. The summed E-state index contributed by atoms with van der Waals surface area (Å²) in [6, 6.07) is 4.31. The average Bonchev–Trinajstić information content (AvgIpc) is 2.53. The molecule has 1 aliphatic rings. The fourth-order valence-electron chi connectivity index (χ4n) is 3.08. The molecule has 24 heavy (non-hydrogen) atoms. The van der Waals surface area contributed by atoms with E-state index in [0.29, 0.717) is 11.8 Å². The Morgan fingerprint density at radius 3 is 2.79 bits per heavy atom. The van der Waals surface area contributed by atoms with Gasteiger partial charge in [-0.25, -0.2) is 4.39 Å². The lowest BCUT2D eigenvalue weighted by Gasteiger charge is -2.34. The van der Waals surface area contributed by atoms with Crippen LogP contribution in [-0.2, 0) is 20.7 Å². The van der Waals surface area contributed by atoms with Crippen molar-refractivity contribution >= 4 is 23.5 Å². The van der Waals surface area contributed by atoms with Crippen LogP contribution in [0.5, 0.6) is 0 Å². The zero-order chi connectivity index (χ0) is 17.7. The zero-order valence-corrected chi connectivity index (χ0v) is 14.7. The molecule has 0 saturated heterocycles. The number of esters is 1. The first kappa shape index (κ1) is 18.7. The van der Waals surface area contributed by atoms with Crippen LogP contribution in [0.1, 0.15) is 38.7 Å². The number of hydrogen-bond acceptors (Lipinski definition) is 3. The third-order valence-electron chi connectivity index (χ3n) is 4.80. The van der Waals surface area contributed by atoms with Gasteiger partial charge in [-0.15, -0.1) is 0 Å². The fourth-order valence-corrected chi connectivity index (χ4v) is 3.31. The summed E-state index contributed by atoms with van der Waals surface area (Å²) >= 11 is 5.87. The lowest BCUT2D eigenvalue weighted by atomic mass is 9.78. The van der Waals surface area contributed by atoms with Gasteiger partial charge in [-0.1, -0.05) is 44.4 Å². The molecule has 6 heteroatoms. The standard InChI is InChI=1S/C18H23ClFNO3/c1-11-5-3-8-16(12(11)2)21-17(22)10-24-18(23)9-13-14(19)6-4-7-15(13)20/h4,6-7,11-12,16H,3,5,8-10H2,1-2H3,(H,21,22)/t11-,12+,16-/m0/s1. The smallest absolute Gasteiger partial charge is 0.310 e. The van der Waals surface area contributed by atoms with Gasteiger partial charge >= 0.3 is 5.97 Å². The number of hydrogen-bond donors (Lipinski definition) is 1. The predicted octanol–water partition coefficient (Wildman–Crippen LogP) is 3.51. The van der Waals surface area contributed by atoms with Crippen LogP contribution in [0.4, 0.5) is 4.39 Å². The molecular formula is C18H23ClFNO3. The summed E-state index contributed by atoms with van der Waals surface area (Å²) < 4.78 is 18.6. The molecule has 132 valence electrons. The SMILES string of the molecule is C[C@H]1[C@@H](NC(=O)COC(=O)Cc2c(F)cccc2Cl)CCC[C@@H]1C. The number of carbonyl (C=O) groups excluding carboxylic acids is 2. The summed E-state index contributed by atoms with van der Waals surface area (Å²) in [6.07, 6.45) is 2.90. The van der Waals surface area contributed by atoms with E-state index < -0.39 is 11.8 Å². The molecule has 2 rings (SSSR count). The Kier molecular flexibility index (Phi) is 6.60. The largest absolute Gasteiger partial charge is 0.455 e. The summed E-state index contributed by atoms with van der Waals surface area (Å²) in [5, 5.41) is 3.09. The molecule has 0 radical (unpaired) electrons. The Morgan fingerprint density at radius 2 is 2.08 bits per heavy atom. The highest BCUT2D eigenvalue weighted by Crippen LogP contribution is 2.29. The molecule has 1 amide bonds. The van der Waals surface area contributed by atoms with Gasteiger partial charge in [0.05, 0.1) is 6.42 Å². The van der Waals surface area contributed by atoms with E-state index in [4.69, 9.17) is 16.3 Å². The highest BCUT2D eigenvalue weighted by molar-refractivity contribution is 6.31. The predicted molar refractivity (Wildman–Crippen MR) is 90.2 cm³/mol. The maximum absolute atomic E-state index is 13.6. The molecule has 4 nitrogen and oxygen atoms in total. The molecule has 1 aromatic carbocycles. The Hall–Kier alpha value is -1.62. The maximum atomic E-state index is 13.6. The third-order valence-corrected chi connectivity index (χ3v) is 5.15. The van der Waals surface area contributed by atoms with Gasteiger partial charge in [0.1, 0.15) is 5.82 Å². The van der Waals surface area contributed by atoms with Crippen LogP contribution >= 0.6 is 11.6 Å². The number of halogens is 2. The van der Waals surface area contributed by atoms with E-state index in [9.17, 15) is 14.0 Å². The van der Waals surface area contributed by atoms with Crippen LogP contribution in [0.2, 0.25) is 5.02 Å². The van der Waals surface area contributed by atoms with Crippen molar-refractivity contribution in [3.63, 3.8) is 0 Å². The van der Waals surface area contributed by atoms with E-state index in [0.717, 1.165) is 12.8 Å². The highest BCUT2D eigenvalue weighted by atomic mass is 35.5. The van der Waals surface area contributed by atoms with E-state index in [1.807, 2.05) is 0 Å². The van der Waals surface area contributed by atoms with Crippen LogP contribution in [-0.4, -0.2) is 24.5 Å². The van der Waals surface area contributed by atoms with Crippen molar-refractivity contribution in [2.24, 2.45) is 11.8 Å². The van der Waals surface area contributed by atoms with Crippen molar-refractivity contribution in [2.75, 3.05) is 6.61 Å². The van der Waals surface area contributed by atoms with E-state index >= 15 is 0 Å². The van der Waals surface area contributed by atoms with Crippen LogP contribution in [0, 0.1) is 17.7 Å². The summed E-state index contributed by atoms with van der Waals surface area (Å²) in [5.41, 5.74) is 0.0827. The molecule has 0 aromatic heterocycles. The van der Waals surface area contributed by atoms with Crippen LogP contribution in [0.15, 0.2) is 18.2 Å². The van der Waals surface area contributed by atoms with Crippen molar-refractivity contribution < 1.29 is 18.7 Å². The van der Waals surface area contributed by atoms with Crippen molar-refractivity contribution in [2.45, 2.75) is 45.6 Å². The topological polar surface area (TPSA) is 55.4 Å². The van der Waals surface area contributed by atoms with E-state index in [-0.39, 0.29) is 35.6 Å². The third kappa shape index (κ3) is 4.94. The Bertz CT molecular complexity index is 588. The minimum absolute atomic E-state index is 0.0827. The Morgan fingerprint density at radius 1 is 1.33 bits per heavy atom. The average molecular weight is 356 g/mol. The van der Waals surface area contributed by atoms with E-state index in [2.05, 4.69) is 19.2 Å². The Labute approximate surface area is 146 Å². The molecule has 0 unspecified atom stereocenters. The summed E-state index contributed by atoms with van der Waals surface area (Å²) in [6.45, 7) is 3.95. The van der Waals surface area contributed by atoms with Crippen molar-refractivity contribution in [3.05, 3.63) is 34.6 Å². The minimum Gasteiger partial charge on any atom is -0.455 e. The number of carbonyl (C=O) groups is 2. The first-order valence-corrected chi connectivity index (χ1v) is 8.64. The first-order chi connectivity index (χ1) is 11.4. The number of nitrogens with one attached hydrogen (secondary N) is 1. The van der Waals surface area contributed by atoms with Gasteiger partial charge in [-0.2, -0.15) is 0 Å². The van der Waals surface area contributed by atoms with Crippen molar-refractivity contribution in [3.8, 4) is 0 Å². The van der Waals surface area contributed by atoms with Gasteiger partial charge in [0.25, 0.3) is 5.91 Å². The summed E-state index contributed by atoms with van der Waals surface area (Å²) in [7, 11) is 0. The molecule has 0 aliphatic heterocycles. The molecule has 1 N–H and O–H groups in total. The summed E-state index contributed by atoms with van der Waals surface area (Å²) in [4.78, 5) is 23.8. The molecule has 0 spiro atoms. The second-order valence-electron chi connectivity index (χ2n) is 6.48. The van der Waals surface area contributed by atoms with Gasteiger partial charge in [0.15, 0.2) is 6.61 Å². The fraction of sp³-hybridized carbons (Fsp3) is 0.556. The molecule has 1 fully saturated rings. The molecule has 1 aliphatic carbocycles. The number of rotatable bonds is 5. The molecule has 1 saturated carbocycles. The molecular weight excluding hydrogens is 333 g/mol. The first-order valence-electron chi connectivity index (χ1n) is 8.26. The quantitative estimate of drug-likeness (QED) is 0.822. The monoisotopic (exact) mass is 355 g/mol. The normalized spacial score (nSPS) is 23.6. The van der Waals surface area contributed by atoms with Gasteiger partial charge in [0.2, 0.25) is 0 Å². The maximum Gasteiger partial charge on any atom is 0.310 e. The molecule has 3 atom stereocenters. The van der Waals surface area contributed by atoms with Gasteiger partial charge in [-0.3, -0.25) is 9.59 Å². The van der Waals surface area contributed by atoms with Gasteiger partial charge in [0, 0.05) is 16.6 Å². The molecule has 0 bridgehead atoms. The number of amides is 1. The molecule has 0 heterocycles. The van der Waals surface area contributed by atoms with Crippen molar-refractivity contribution in [1.29, 1.82) is 0 Å². The number of benzene rings is 1. The lowest BCUT2D eigenvalue weighted by molar-refractivity contribution is -0.148. The van der Waals surface area contributed by atoms with E-state index in [1.165, 1.54) is 24.6 Å². The Balaban J connectivity index is 1.80. The zero-order valence-electron chi connectivity index (χ0n) is 14.0. The number of ether oxygens (including phenoxy) is 1. The van der Waals surface area contributed by atoms with Crippen molar-refractivity contribution in [1.82, 2.24) is 5.32 Å². The second kappa shape index (κ2) is 8.47. The van der Waals surface area contributed by atoms with E-state index in [1.54, 1.807) is 0 Å².